The van der Waals surface area contributed by atoms with Gasteiger partial charge in [0, 0.05) is 17.4 Å². The lowest BCUT2D eigenvalue weighted by Gasteiger charge is -1.94. The Labute approximate surface area is 98.7 Å². The van der Waals surface area contributed by atoms with E-state index in [-0.39, 0.29) is 0 Å². The number of nitrogens with zero attached hydrogens (tertiary/aromatic N) is 3. The number of hydrogen-bond acceptors (Lipinski definition) is 3. The number of pyridine rings is 1. The van der Waals surface area contributed by atoms with Crippen molar-refractivity contribution in [2.24, 2.45) is 0 Å². The Hall–Kier alpha value is -2.36. The minimum atomic E-state index is 0.722. The van der Waals surface area contributed by atoms with Gasteiger partial charge < -0.3 is 5.73 Å². The normalized spacial score (nSPS) is 10.9. The van der Waals surface area contributed by atoms with Crippen molar-refractivity contribution in [2.45, 2.75) is 6.92 Å². The molecule has 4 nitrogen and oxygen atoms in total. The molecule has 0 aliphatic rings. The molecule has 0 spiro atoms. The number of aryl methyl sites for hydroxylation is 1. The average molecular weight is 224 g/mol. The molecule has 2 aromatic heterocycles. The summed E-state index contributed by atoms with van der Waals surface area (Å²) in [6, 6.07) is 11.6. The zero-order valence-electron chi connectivity index (χ0n) is 9.46. The number of benzene rings is 1. The largest absolute Gasteiger partial charge is 0.399 e. The predicted octanol–water partition coefficient (Wildman–Crippen LogP) is 2.29. The first-order chi connectivity index (χ1) is 8.24. The van der Waals surface area contributed by atoms with Gasteiger partial charge in [0.15, 0.2) is 11.5 Å². The van der Waals surface area contributed by atoms with Gasteiger partial charge in [-0.05, 0) is 42.8 Å². The summed E-state index contributed by atoms with van der Waals surface area (Å²) in [6.07, 6.45) is 1.90. The number of nitrogens with two attached hydrogens (primary N) is 1. The fourth-order valence-corrected chi connectivity index (χ4v) is 1.79. The topological polar surface area (TPSA) is 56.2 Å². The summed E-state index contributed by atoms with van der Waals surface area (Å²) in [6.45, 7) is 2.02. The van der Waals surface area contributed by atoms with Gasteiger partial charge in [-0.1, -0.05) is 6.07 Å². The van der Waals surface area contributed by atoms with Gasteiger partial charge in [-0.25, -0.2) is 9.50 Å². The molecule has 2 N–H and O–H groups in total. The fourth-order valence-electron chi connectivity index (χ4n) is 1.79. The monoisotopic (exact) mass is 224 g/mol. The van der Waals surface area contributed by atoms with E-state index in [4.69, 9.17) is 5.73 Å². The third-order valence-electron chi connectivity index (χ3n) is 2.73. The van der Waals surface area contributed by atoms with Crippen LogP contribution in [-0.2, 0) is 0 Å². The molecule has 1 aromatic carbocycles. The van der Waals surface area contributed by atoms with Crippen LogP contribution in [0.2, 0.25) is 0 Å². The molecular weight excluding hydrogens is 212 g/mol. The minimum absolute atomic E-state index is 0.722. The van der Waals surface area contributed by atoms with Gasteiger partial charge in [0.1, 0.15) is 0 Å². The van der Waals surface area contributed by atoms with Gasteiger partial charge in [-0.2, -0.15) is 0 Å². The summed E-state index contributed by atoms with van der Waals surface area (Å²) in [5, 5.41) is 4.44. The van der Waals surface area contributed by atoms with Crippen LogP contribution in [0.3, 0.4) is 0 Å². The van der Waals surface area contributed by atoms with Gasteiger partial charge >= 0.3 is 0 Å². The van der Waals surface area contributed by atoms with Crippen molar-refractivity contribution in [3.8, 4) is 11.4 Å². The molecule has 3 rings (SSSR count). The first-order valence-corrected chi connectivity index (χ1v) is 5.42. The van der Waals surface area contributed by atoms with E-state index in [1.54, 1.807) is 4.52 Å². The molecular formula is C13H12N4. The quantitative estimate of drug-likeness (QED) is 0.645. The standard InChI is InChI=1S/C13H12N4/c1-9-3-2-8-17-13(9)15-12(16-17)10-4-6-11(14)7-5-10/h2-8H,14H2,1H3. The van der Waals surface area contributed by atoms with Crippen LogP contribution >= 0.6 is 0 Å². The number of rotatable bonds is 1. The van der Waals surface area contributed by atoms with Crippen LogP contribution in [0.5, 0.6) is 0 Å². The Morgan fingerprint density at radius 1 is 1.12 bits per heavy atom. The number of aromatic nitrogens is 3. The molecule has 0 saturated heterocycles. The maximum absolute atomic E-state index is 5.66. The summed E-state index contributed by atoms with van der Waals surface area (Å²) in [5.74, 6) is 0.722. The highest BCUT2D eigenvalue weighted by molar-refractivity contribution is 5.61. The predicted molar refractivity (Wildman–Crippen MR) is 67.6 cm³/mol. The maximum atomic E-state index is 5.66. The Morgan fingerprint density at radius 2 is 1.88 bits per heavy atom. The third-order valence-corrected chi connectivity index (χ3v) is 2.73. The van der Waals surface area contributed by atoms with Crippen molar-refractivity contribution in [3.63, 3.8) is 0 Å². The van der Waals surface area contributed by atoms with Crippen LogP contribution in [-0.4, -0.2) is 14.6 Å². The van der Waals surface area contributed by atoms with Crippen molar-refractivity contribution in [2.75, 3.05) is 5.73 Å². The van der Waals surface area contributed by atoms with Crippen molar-refractivity contribution in [3.05, 3.63) is 48.2 Å². The maximum Gasteiger partial charge on any atom is 0.182 e. The van der Waals surface area contributed by atoms with Crippen LogP contribution in [0, 0.1) is 6.92 Å². The van der Waals surface area contributed by atoms with Gasteiger partial charge in [-0.15, -0.1) is 5.10 Å². The first kappa shape index (κ1) is 9.84. The molecule has 4 heteroatoms. The van der Waals surface area contributed by atoms with Gasteiger partial charge in [0.2, 0.25) is 0 Å². The highest BCUT2D eigenvalue weighted by atomic mass is 15.3. The van der Waals surface area contributed by atoms with E-state index in [0.717, 1.165) is 28.3 Å². The van der Waals surface area contributed by atoms with Crippen molar-refractivity contribution >= 4 is 11.3 Å². The molecule has 0 atom stereocenters. The summed E-state index contributed by atoms with van der Waals surface area (Å²) >= 11 is 0. The smallest absolute Gasteiger partial charge is 0.182 e. The van der Waals surface area contributed by atoms with E-state index in [2.05, 4.69) is 10.1 Å². The van der Waals surface area contributed by atoms with E-state index in [9.17, 15) is 0 Å². The second kappa shape index (κ2) is 3.59. The Balaban J connectivity index is 2.18. The SMILES string of the molecule is Cc1cccn2nc(-c3ccc(N)cc3)nc12. The van der Waals surface area contributed by atoms with Crippen LogP contribution in [0.25, 0.3) is 17.0 Å². The summed E-state index contributed by atoms with van der Waals surface area (Å²) in [5.41, 5.74) is 9.38. The summed E-state index contributed by atoms with van der Waals surface area (Å²) in [7, 11) is 0. The lowest BCUT2D eigenvalue weighted by Crippen LogP contribution is -1.88. The first-order valence-electron chi connectivity index (χ1n) is 5.42. The number of hydrogen-bond donors (Lipinski definition) is 1. The Bertz CT molecular complexity index is 667. The number of nitrogen functional groups attached to an aromatic ring is 1. The molecule has 2 heterocycles. The Kier molecular flexibility index (Phi) is 2.08. The fraction of sp³-hybridized carbons (Fsp3) is 0.0769. The number of anilines is 1. The second-order valence-electron chi connectivity index (χ2n) is 4.02. The molecule has 0 aliphatic carbocycles. The molecule has 84 valence electrons. The molecule has 0 fully saturated rings. The Morgan fingerprint density at radius 3 is 2.59 bits per heavy atom. The lowest BCUT2D eigenvalue weighted by atomic mass is 10.2. The average Bonchev–Trinajstić information content (AvgIpc) is 2.75. The molecule has 17 heavy (non-hydrogen) atoms. The van der Waals surface area contributed by atoms with E-state index >= 15 is 0 Å². The molecule has 0 radical (unpaired) electrons. The summed E-state index contributed by atoms with van der Waals surface area (Å²) in [4.78, 5) is 4.52. The van der Waals surface area contributed by atoms with Gasteiger partial charge in [0.25, 0.3) is 0 Å². The van der Waals surface area contributed by atoms with Gasteiger partial charge in [-0.3, -0.25) is 0 Å². The van der Waals surface area contributed by atoms with Crippen molar-refractivity contribution in [1.82, 2.24) is 14.6 Å². The summed E-state index contributed by atoms with van der Waals surface area (Å²) < 4.78 is 1.79. The second-order valence-corrected chi connectivity index (χ2v) is 4.02. The zero-order valence-corrected chi connectivity index (χ0v) is 9.46. The van der Waals surface area contributed by atoms with Crippen molar-refractivity contribution < 1.29 is 0 Å². The third kappa shape index (κ3) is 1.63. The van der Waals surface area contributed by atoms with Gasteiger partial charge in [0.05, 0.1) is 0 Å². The van der Waals surface area contributed by atoms with Crippen LogP contribution in [0.4, 0.5) is 5.69 Å². The van der Waals surface area contributed by atoms with Crippen LogP contribution in [0.15, 0.2) is 42.6 Å². The van der Waals surface area contributed by atoms with Crippen LogP contribution in [0.1, 0.15) is 5.56 Å². The molecule has 0 aliphatic heterocycles. The van der Waals surface area contributed by atoms with Crippen molar-refractivity contribution in [1.29, 1.82) is 0 Å². The highest BCUT2D eigenvalue weighted by Crippen LogP contribution is 2.18. The zero-order chi connectivity index (χ0) is 11.8. The van der Waals surface area contributed by atoms with E-state index < -0.39 is 0 Å². The number of fused-ring (bicyclic) bond motifs is 1. The lowest BCUT2D eigenvalue weighted by molar-refractivity contribution is 0.960. The van der Waals surface area contributed by atoms with E-state index in [1.165, 1.54) is 0 Å². The van der Waals surface area contributed by atoms with E-state index in [1.807, 2.05) is 49.5 Å². The highest BCUT2D eigenvalue weighted by Gasteiger charge is 2.07. The minimum Gasteiger partial charge on any atom is -0.399 e. The molecule has 0 bridgehead atoms. The molecule has 3 aromatic rings. The van der Waals surface area contributed by atoms with Crippen LogP contribution < -0.4 is 5.73 Å². The molecule has 0 amide bonds. The molecule has 0 saturated carbocycles. The van der Waals surface area contributed by atoms with E-state index in [0.29, 0.717) is 0 Å². The molecule has 0 unspecified atom stereocenters.